The third-order valence-corrected chi connectivity index (χ3v) is 4.31. The number of aromatic nitrogens is 2. The lowest BCUT2D eigenvalue weighted by Gasteiger charge is -2.02. The van der Waals surface area contributed by atoms with E-state index in [9.17, 15) is 4.79 Å². The fraction of sp³-hybridized carbons (Fsp3) is 0.474. The number of nitrogens with zero attached hydrogens (tertiary/aromatic N) is 2. The first-order chi connectivity index (χ1) is 11.3. The van der Waals surface area contributed by atoms with E-state index in [1.165, 1.54) is 38.5 Å². The van der Waals surface area contributed by atoms with Crippen molar-refractivity contribution in [3.63, 3.8) is 0 Å². The maximum absolute atomic E-state index is 12.1. The molecular formula is C19H24N2O2. The van der Waals surface area contributed by atoms with Crippen molar-refractivity contribution in [2.24, 2.45) is 0 Å². The van der Waals surface area contributed by atoms with Gasteiger partial charge in [-0.2, -0.15) is 0 Å². The minimum atomic E-state index is -0.329. The Balaban J connectivity index is 1.67. The Bertz CT molecular complexity index is 832. The summed E-state index contributed by atoms with van der Waals surface area (Å²) in [6.07, 6.45) is 11.5. The van der Waals surface area contributed by atoms with Gasteiger partial charge in [-0.05, 0) is 18.6 Å². The van der Waals surface area contributed by atoms with Crippen LogP contribution in [0.25, 0.3) is 16.7 Å². The zero-order valence-electron chi connectivity index (χ0n) is 13.8. The van der Waals surface area contributed by atoms with Gasteiger partial charge in [0.25, 0.3) is 0 Å². The Kier molecular flexibility index (Phi) is 5.11. The average Bonchev–Trinajstić information content (AvgIpc) is 2.94. The lowest BCUT2D eigenvalue weighted by molar-refractivity contribution is 0.453. The van der Waals surface area contributed by atoms with E-state index in [1.54, 1.807) is 0 Å². The molecule has 3 aromatic heterocycles. The Morgan fingerprint density at radius 3 is 2.70 bits per heavy atom. The summed E-state index contributed by atoms with van der Waals surface area (Å²) in [5.74, 6) is 0.765. The molecule has 0 unspecified atom stereocenters. The highest BCUT2D eigenvalue weighted by Gasteiger charge is 2.11. The van der Waals surface area contributed by atoms with Gasteiger partial charge >= 0.3 is 5.63 Å². The summed E-state index contributed by atoms with van der Waals surface area (Å²) >= 11 is 0. The largest absolute Gasteiger partial charge is 0.426 e. The molecule has 0 saturated carbocycles. The quantitative estimate of drug-likeness (QED) is 0.565. The van der Waals surface area contributed by atoms with Crippen LogP contribution in [0, 0.1) is 0 Å². The van der Waals surface area contributed by atoms with Gasteiger partial charge in [-0.3, -0.25) is 4.40 Å². The van der Waals surface area contributed by atoms with E-state index < -0.39 is 0 Å². The fourth-order valence-corrected chi connectivity index (χ4v) is 3.03. The second kappa shape index (κ2) is 7.44. The summed E-state index contributed by atoms with van der Waals surface area (Å²) in [5, 5.41) is 0. The standard InChI is InChI=1S/C19H24N2O2/c1-2-3-4-5-6-7-8-11-15-14-16-18(19(22)23-15)20-17-12-9-10-13-21(16)17/h9-10,12-14H,2-8,11H2,1H3. The first-order valence-electron chi connectivity index (χ1n) is 8.69. The average molecular weight is 312 g/mol. The second-order valence-electron chi connectivity index (χ2n) is 6.15. The topological polar surface area (TPSA) is 47.5 Å². The number of hydrogen-bond acceptors (Lipinski definition) is 3. The van der Waals surface area contributed by atoms with Gasteiger partial charge in [-0.25, -0.2) is 9.78 Å². The van der Waals surface area contributed by atoms with Crippen molar-refractivity contribution in [2.45, 2.75) is 58.3 Å². The molecule has 0 spiro atoms. The summed E-state index contributed by atoms with van der Waals surface area (Å²) in [4.78, 5) is 16.5. The van der Waals surface area contributed by atoms with Crippen molar-refractivity contribution >= 4 is 16.7 Å². The lowest BCUT2D eigenvalue weighted by Crippen LogP contribution is -2.02. The number of imidazole rings is 1. The summed E-state index contributed by atoms with van der Waals surface area (Å²) < 4.78 is 7.38. The highest BCUT2D eigenvalue weighted by molar-refractivity contribution is 5.79. The van der Waals surface area contributed by atoms with Gasteiger partial charge in [-0.1, -0.05) is 51.5 Å². The summed E-state index contributed by atoms with van der Waals surface area (Å²) in [6.45, 7) is 2.23. The molecule has 0 amide bonds. The van der Waals surface area contributed by atoms with E-state index in [0.29, 0.717) is 5.52 Å². The van der Waals surface area contributed by atoms with Gasteiger partial charge in [0.05, 0.1) is 5.52 Å². The number of rotatable bonds is 8. The van der Waals surface area contributed by atoms with Crippen LogP contribution in [-0.2, 0) is 6.42 Å². The molecule has 0 atom stereocenters. The predicted octanol–water partition coefficient (Wildman–Crippen LogP) is 4.73. The molecule has 0 saturated heterocycles. The van der Waals surface area contributed by atoms with Crippen LogP contribution in [0.1, 0.15) is 57.6 Å². The number of pyridine rings is 1. The van der Waals surface area contributed by atoms with E-state index in [2.05, 4.69) is 11.9 Å². The monoisotopic (exact) mass is 312 g/mol. The van der Waals surface area contributed by atoms with Gasteiger partial charge in [0.1, 0.15) is 11.4 Å². The van der Waals surface area contributed by atoms with E-state index in [4.69, 9.17) is 4.42 Å². The minimum Gasteiger partial charge on any atom is -0.426 e. The molecule has 0 aliphatic carbocycles. The number of aryl methyl sites for hydroxylation is 1. The summed E-state index contributed by atoms with van der Waals surface area (Å²) in [5.41, 5.74) is 1.71. The second-order valence-corrected chi connectivity index (χ2v) is 6.15. The Labute approximate surface area is 136 Å². The molecular weight excluding hydrogens is 288 g/mol. The lowest BCUT2D eigenvalue weighted by atomic mass is 10.1. The predicted molar refractivity (Wildman–Crippen MR) is 92.9 cm³/mol. The van der Waals surface area contributed by atoms with Crippen molar-refractivity contribution in [2.75, 3.05) is 0 Å². The van der Waals surface area contributed by atoms with Crippen LogP contribution in [0.2, 0.25) is 0 Å². The highest BCUT2D eigenvalue weighted by Crippen LogP contribution is 2.17. The van der Waals surface area contributed by atoms with Crippen LogP contribution >= 0.6 is 0 Å². The fourth-order valence-electron chi connectivity index (χ4n) is 3.03. The van der Waals surface area contributed by atoms with Crippen LogP contribution in [0.3, 0.4) is 0 Å². The molecule has 0 aromatic carbocycles. The normalized spacial score (nSPS) is 11.5. The van der Waals surface area contributed by atoms with Crippen molar-refractivity contribution in [1.82, 2.24) is 9.38 Å². The molecule has 4 heteroatoms. The Morgan fingerprint density at radius 1 is 1.09 bits per heavy atom. The third kappa shape index (κ3) is 3.63. The SMILES string of the molecule is CCCCCCCCCc1cc2c(nc3ccccn32)c(=O)o1. The molecule has 0 aliphatic heterocycles. The van der Waals surface area contributed by atoms with Crippen molar-refractivity contribution in [3.05, 3.63) is 46.6 Å². The van der Waals surface area contributed by atoms with Crippen molar-refractivity contribution in [3.8, 4) is 0 Å². The number of hydrogen-bond donors (Lipinski definition) is 0. The van der Waals surface area contributed by atoms with Gasteiger partial charge in [0, 0.05) is 18.7 Å². The third-order valence-electron chi connectivity index (χ3n) is 4.31. The number of unbranched alkanes of at least 4 members (excludes halogenated alkanes) is 6. The van der Waals surface area contributed by atoms with E-state index in [0.717, 1.165) is 29.8 Å². The molecule has 0 bridgehead atoms. The van der Waals surface area contributed by atoms with Gasteiger partial charge in [-0.15, -0.1) is 0 Å². The van der Waals surface area contributed by atoms with Gasteiger partial charge in [0.15, 0.2) is 5.52 Å². The molecule has 3 rings (SSSR count). The molecule has 4 nitrogen and oxygen atoms in total. The zero-order chi connectivity index (χ0) is 16.1. The first kappa shape index (κ1) is 15.8. The smallest absolute Gasteiger partial charge is 0.364 e. The summed E-state index contributed by atoms with van der Waals surface area (Å²) in [6, 6.07) is 7.73. The van der Waals surface area contributed by atoms with E-state index in [-0.39, 0.29) is 5.63 Å². The Morgan fingerprint density at radius 2 is 1.87 bits per heavy atom. The molecule has 0 N–H and O–H groups in total. The molecule has 23 heavy (non-hydrogen) atoms. The first-order valence-corrected chi connectivity index (χ1v) is 8.69. The maximum atomic E-state index is 12.1. The molecule has 3 aromatic rings. The van der Waals surface area contributed by atoms with Crippen LogP contribution in [-0.4, -0.2) is 9.38 Å². The van der Waals surface area contributed by atoms with Crippen LogP contribution in [0.5, 0.6) is 0 Å². The van der Waals surface area contributed by atoms with E-state index in [1.807, 2.05) is 34.9 Å². The van der Waals surface area contributed by atoms with Crippen LogP contribution in [0.15, 0.2) is 39.7 Å². The summed E-state index contributed by atoms with van der Waals surface area (Å²) in [7, 11) is 0. The molecule has 122 valence electrons. The van der Waals surface area contributed by atoms with E-state index >= 15 is 0 Å². The van der Waals surface area contributed by atoms with Crippen molar-refractivity contribution in [1.29, 1.82) is 0 Å². The Hall–Kier alpha value is -2.10. The maximum Gasteiger partial charge on any atom is 0.364 e. The highest BCUT2D eigenvalue weighted by atomic mass is 16.4. The van der Waals surface area contributed by atoms with Gasteiger partial charge < -0.3 is 4.42 Å². The molecule has 0 radical (unpaired) electrons. The zero-order valence-corrected chi connectivity index (χ0v) is 13.8. The number of fused-ring (bicyclic) bond motifs is 3. The molecule has 3 heterocycles. The molecule has 0 fully saturated rings. The minimum absolute atomic E-state index is 0.329. The van der Waals surface area contributed by atoms with Crippen molar-refractivity contribution < 1.29 is 4.42 Å². The van der Waals surface area contributed by atoms with Crippen LogP contribution < -0.4 is 5.63 Å². The molecule has 0 aliphatic rings. The van der Waals surface area contributed by atoms with Crippen LogP contribution in [0.4, 0.5) is 0 Å². The van der Waals surface area contributed by atoms with Gasteiger partial charge in [0.2, 0.25) is 0 Å².